The highest BCUT2D eigenvalue weighted by atomic mass is 35.5. The van der Waals surface area contributed by atoms with E-state index in [1.54, 1.807) is 29.2 Å². The number of nitrogens with zero attached hydrogens (tertiary/aromatic N) is 1. The van der Waals surface area contributed by atoms with E-state index in [0.29, 0.717) is 28.8 Å². The van der Waals surface area contributed by atoms with Gasteiger partial charge in [-0.3, -0.25) is 9.59 Å². The lowest BCUT2D eigenvalue weighted by Gasteiger charge is -2.30. The molecule has 2 rings (SSSR count). The summed E-state index contributed by atoms with van der Waals surface area (Å²) in [5.41, 5.74) is 1.73. The molecule has 0 saturated carbocycles. The Labute approximate surface area is 197 Å². The number of hydrogen-bond donors (Lipinski definition) is 1. The van der Waals surface area contributed by atoms with E-state index in [0.717, 1.165) is 17.5 Å². The lowest BCUT2D eigenvalue weighted by molar-refractivity contribution is -0.139. The van der Waals surface area contributed by atoms with Crippen LogP contribution in [0.2, 0.25) is 10.0 Å². The number of amides is 2. The molecule has 168 valence electrons. The van der Waals surface area contributed by atoms with Gasteiger partial charge in [0.1, 0.15) is 11.9 Å². The molecule has 2 amide bonds. The number of thioether (sulfide) groups is 1. The lowest BCUT2D eigenvalue weighted by Crippen LogP contribution is -2.49. The molecule has 1 atom stereocenters. The minimum absolute atomic E-state index is 0.145. The smallest absolute Gasteiger partial charge is 0.242 e. The van der Waals surface area contributed by atoms with E-state index in [9.17, 15) is 14.0 Å². The Bertz CT molecular complexity index is 880. The third-order valence-electron chi connectivity index (χ3n) is 4.68. The first-order chi connectivity index (χ1) is 14.8. The average molecular weight is 485 g/mol. The first-order valence-electron chi connectivity index (χ1n) is 10.2. The van der Waals surface area contributed by atoms with Crippen LogP contribution in [0.25, 0.3) is 0 Å². The molecule has 0 saturated heterocycles. The van der Waals surface area contributed by atoms with E-state index in [4.69, 9.17) is 23.2 Å². The molecular weight excluding hydrogens is 458 g/mol. The van der Waals surface area contributed by atoms with Crippen molar-refractivity contribution in [2.45, 2.75) is 45.0 Å². The molecule has 0 fully saturated rings. The predicted molar refractivity (Wildman–Crippen MR) is 127 cm³/mol. The summed E-state index contributed by atoms with van der Waals surface area (Å²) >= 11 is 13.4. The van der Waals surface area contributed by atoms with Gasteiger partial charge in [-0.05, 0) is 48.2 Å². The number of nitrogens with one attached hydrogen (secondary N) is 1. The van der Waals surface area contributed by atoms with Crippen LogP contribution in [0.4, 0.5) is 4.39 Å². The van der Waals surface area contributed by atoms with Crippen molar-refractivity contribution in [3.63, 3.8) is 0 Å². The zero-order valence-electron chi connectivity index (χ0n) is 17.7. The molecule has 0 spiro atoms. The van der Waals surface area contributed by atoms with Crippen molar-refractivity contribution in [3.8, 4) is 0 Å². The maximum absolute atomic E-state index is 13.3. The van der Waals surface area contributed by atoms with Gasteiger partial charge in [0.25, 0.3) is 0 Å². The molecule has 4 nitrogen and oxygen atoms in total. The van der Waals surface area contributed by atoms with Crippen molar-refractivity contribution >= 4 is 46.8 Å². The van der Waals surface area contributed by atoms with Gasteiger partial charge in [-0.2, -0.15) is 0 Å². The van der Waals surface area contributed by atoms with Crippen LogP contribution < -0.4 is 5.32 Å². The van der Waals surface area contributed by atoms with E-state index in [1.165, 1.54) is 23.9 Å². The Kier molecular flexibility index (Phi) is 10.6. The number of carbonyl (C=O) groups is 2. The van der Waals surface area contributed by atoms with Crippen molar-refractivity contribution in [1.29, 1.82) is 0 Å². The SMILES string of the molecule is CCCNC(=O)C(CC)N(Cc1ccc(F)cc1)C(=O)CSCc1ccc(Cl)c(Cl)c1. The fraction of sp³-hybridized carbons (Fsp3) is 0.391. The second kappa shape index (κ2) is 12.9. The summed E-state index contributed by atoms with van der Waals surface area (Å²) < 4.78 is 13.3. The molecule has 0 heterocycles. The minimum atomic E-state index is -0.588. The van der Waals surface area contributed by atoms with E-state index < -0.39 is 6.04 Å². The molecule has 1 unspecified atom stereocenters. The van der Waals surface area contributed by atoms with Crippen LogP contribution in [0.5, 0.6) is 0 Å². The molecule has 0 aliphatic carbocycles. The van der Waals surface area contributed by atoms with Gasteiger partial charge in [-0.15, -0.1) is 11.8 Å². The summed E-state index contributed by atoms with van der Waals surface area (Å²) in [5.74, 6) is 0.138. The quantitative estimate of drug-likeness (QED) is 0.444. The fourth-order valence-electron chi connectivity index (χ4n) is 3.04. The number of halogens is 3. The van der Waals surface area contributed by atoms with Gasteiger partial charge in [-0.25, -0.2) is 4.39 Å². The van der Waals surface area contributed by atoms with Crippen LogP contribution in [0.15, 0.2) is 42.5 Å². The van der Waals surface area contributed by atoms with Crippen LogP contribution in [0, 0.1) is 5.82 Å². The lowest BCUT2D eigenvalue weighted by atomic mass is 10.1. The molecule has 0 aliphatic heterocycles. The van der Waals surface area contributed by atoms with Gasteiger partial charge in [0.2, 0.25) is 11.8 Å². The van der Waals surface area contributed by atoms with Crippen molar-refractivity contribution in [2.75, 3.05) is 12.3 Å². The predicted octanol–water partition coefficient (Wildman–Crippen LogP) is 5.70. The molecule has 8 heteroatoms. The summed E-state index contributed by atoms with van der Waals surface area (Å²) in [6.07, 6.45) is 1.30. The van der Waals surface area contributed by atoms with Crippen molar-refractivity contribution < 1.29 is 14.0 Å². The van der Waals surface area contributed by atoms with Crippen molar-refractivity contribution in [2.24, 2.45) is 0 Å². The number of rotatable bonds is 11. The minimum Gasteiger partial charge on any atom is -0.354 e. The van der Waals surface area contributed by atoms with Gasteiger partial charge in [0.05, 0.1) is 15.8 Å². The standard InChI is InChI=1S/C23H27Cl2FN2O2S/c1-3-11-27-23(30)21(4-2)28(13-16-5-8-18(26)9-6-16)22(29)15-31-14-17-7-10-19(24)20(25)12-17/h5-10,12,21H,3-4,11,13-15H2,1-2H3,(H,27,30). The Morgan fingerprint density at radius 2 is 1.74 bits per heavy atom. The number of benzene rings is 2. The molecule has 1 N–H and O–H groups in total. The molecular formula is C23H27Cl2FN2O2S. The van der Waals surface area contributed by atoms with Crippen LogP contribution >= 0.6 is 35.0 Å². The second-order valence-corrected chi connectivity index (χ2v) is 8.90. The van der Waals surface area contributed by atoms with Gasteiger partial charge in [-0.1, -0.05) is 55.2 Å². The van der Waals surface area contributed by atoms with Crippen LogP contribution in [0.3, 0.4) is 0 Å². The van der Waals surface area contributed by atoms with Gasteiger partial charge < -0.3 is 10.2 Å². The van der Waals surface area contributed by atoms with Crippen molar-refractivity contribution in [1.82, 2.24) is 10.2 Å². The highest BCUT2D eigenvalue weighted by molar-refractivity contribution is 7.99. The summed E-state index contributed by atoms with van der Waals surface area (Å²) in [6, 6.07) is 10.8. The summed E-state index contributed by atoms with van der Waals surface area (Å²) in [5, 5.41) is 3.84. The zero-order valence-corrected chi connectivity index (χ0v) is 20.0. The van der Waals surface area contributed by atoms with Crippen LogP contribution in [-0.4, -0.2) is 35.1 Å². The topological polar surface area (TPSA) is 49.4 Å². The first-order valence-corrected chi connectivity index (χ1v) is 12.1. The Morgan fingerprint density at radius 3 is 2.35 bits per heavy atom. The average Bonchev–Trinajstić information content (AvgIpc) is 2.75. The van der Waals surface area contributed by atoms with Gasteiger partial charge in [0.15, 0.2) is 0 Å². The van der Waals surface area contributed by atoms with Crippen LogP contribution in [0.1, 0.15) is 37.8 Å². The third-order valence-corrected chi connectivity index (χ3v) is 6.41. The van der Waals surface area contributed by atoms with E-state index in [1.807, 2.05) is 19.9 Å². The monoisotopic (exact) mass is 484 g/mol. The zero-order chi connectivity index (χ0) is 22.8. The maximum atomic E-state index is 13.3. The van der Waals surface area contributed by atoms with E-state index in [2.05, 4.69) is 5.32 Å². The highest BCUT2D eigenvalue weighted by Gasteiger charge is 2.28. The maximum Gasteiger partial charge on any atom is 0.242 e. The largest absolute Gasteiger partial charge is 0.354 e. The Morgan fingerprint density at radius 1 is 1.06 bits per heavy atom. The van der Waals surface area contributed by atoms with E-state index >= 15 is 0 Å². The molecule has 31 heavy (non-hydrogen) atoms. The molecule has 0 aromatic heterocycles. The van der Waals surface area contributed by atoms with Crippen LogP contribution in [-0.2, 0) is 21.9 Å². The summed E-state index contributed by atoms with van der Waals surface area (Å²) in [4.78, 5) is 27.4. The van der Waals surface area contributed by atoms with Gasteiger partial charge in [0, 0.05) is 18.8 Å². The third kappa shape index (κ3) is 8.02. The summed E-state index contributed by atoms with van der Waals surface area (Å²) in [7, 11) is 0. The number of carbonyl (C=O) groups excluding carboxylic acids is 2. The Balaban J connectivity index is 2.10. The van der Waals surface area contributed by atoms with Crippen molar-refractivity contribution in [3.05, 3.63) is 69.5 Å². The Hall–Kier alpha value is -1.76. The molecule has 0 aliphatic rings. The second-order valence-electron chi connectivity index (χ2n) is 7.10. The molecule has 0 bridgehead atoms. The molecule has 0 radical (unpaired) electrons. The molecule has 2 aromatic carbocycles. The summed E-state index contributed by atoms with van der Waals surface area (Å²) in [6.45, 7) is 4.65. The normalized spacial score (nSPS) is 11.8. The highest BCUT2D eigenvalue weighted by Crippen LogP contribution is 2.25. The molecule has 2 aromatic rings. The van der Waals surface area contributed by atoms with E-state index in [-0.39, 0.29) is 29.9 Å². The fourth-order valence-corrected chi connectivity index (χ4v) is 4.22. The van der Waals surface area contributed by atoms with Gasteiger partial charge >= 0.3 is 0 Å². The number of hydrogen-bond acceptors (Lipinski definition) is 3. The first kappa shape index (κ1) is 25.5.